The molecule has 0 bridgehead atoms. The van der Waals surface area contributed by atoms with Gasteiger partial charge in [0.25, 0.3) is 0 Å². The van der Waals surface area contributed by atoms with Crippen LogP contribution in [0.15, 0.2) is 0 Å². The summed E-state index contributed by atoms with van der Waals surface area (Å²) in [5, 5.41) is 10.7. The summed E-state index contributed by atoms with van der Waals surface area (Å²) in [6, 6.07) is 0. The van der Waals surface area contributed by atoms with Gasteiger partial charge in [0.15, 0.2) is 12.2 Å². The van der Waals surface area contributed by atoms with Crippen molar-refractivity contribution < 1.29 is 80.2 Å². The SMILES string of the molecule is CCCCCCCCCCC(=O)OC[C@H](COP(=O)(O)OC[C@H](O)COP(=O)(O)OC[C@@H](COC(=O)CCCCCCCCCCCCCCCCCCCCC(C)CC)OC(=O)CCCCCCCCCCCCCCCCCCCCC(C)CC)OC(=O)CCCCCCCCCCCCCCCCCCCCC(C)CC. The lowest BCUT2D eigenvalue weighted by atomic mass is 9.99. The third kappa shape index (κ3) is 83.7. The van der Waals surface area contributed by atoms with Crippen molar-refractivity contribution in [2.75, 3.05) is 39.6 Å². The molecule has 0 aliphatic rings. The van der Waals surface area contributed by atoms with E-state index in [1.54, 1.807) is 0 Å². The summed E-state index contributed by atoms with van der Waals surface area (Å²) in [6.07, 6.45) is 79.3. The second kappa shape index (κ2) is 84.7. The molecule has 0 fully saturated rings. The molecule has 0 aliphatic heterocycles. The number of unbranched alkanes of at least 4 members (excludes halogenated alkanes) is 58. The smallest absolute Gasteiger partial charge is 0.462 e. The Labute approximate surface area is 702 Å². The van der Waals surface area contributed by atoms with Gasteiger partial charge < -0.3 is 33.8 Å². The molecule has 19 heteroatoms. The fourth-order valence-corrected chi connectivity index (χ4v) is 16.4. The molecule has 0 aromatic rings. The molecule has 0 saturated carbocycles. The number of hydrogen-bond donors (Lipinski definition) is 3. The highest BCUT2D eigenvalue weighted by molar-refractivity contribution is 7.47. The van der Waals surface area contributed by atoms with Gasteiger partial charge in [0, 0.05) is 25.7 Å². The first-order valence-electron chi connectivity index (χ1n) is 49.0. The average Bonchev–Trinajstić information content (AvgIpc) is 0.901. The highest BCUT2D eigenvalue weighted by Crippen LogP contribution is 2.45. The standard InChI is InChI=1S/C95H186O17P2/c1-8-12-13-14-15-55-62-69-76-92(97)105-82-90(111-94(99)78-71-64-57-50-44-38-32-26-20-17-23-29-35-41-47-53-60-67-74-87(6)10-3)84-109-113(101,102)107-80-89(96)81-108-114(103,104)110-85-91(112-95(100)79-72-65-58-51-45-39-33-27-21-18-24-30-36-42-48-54-61-68-75-88(7)11-4)83-106-93(98)77-70-63-56-49-43-37-31-25-19-16-22-28-34-40-46-52-59-66-73-86(5)9-2/h86-91,96H,8-85H2,1-7H3,(H,101,102)(H,103,104)/t86?,87?,88?,89-,90+,91+/m0/s1. The lowest BCUT2D eigenvalue weighted by molar-refractivity contribution is -0.161. The van der Waals surface area contributed by atoms with Crippen molar-refractivity contribution in [1.82, 2.24) is 0 Å². The van der Waals surface area contributed by atoms with Crippen LogP contribution in [0.25, 0.3) is 0 Å². The monoisotopic (exact) mass is 1660 g/mol. The zero-order chi connectivity index (χ0) is 83.6. The number of ether oxygens (including phenoxy) is 4. The molecular formula is C95H186O17P2. The van der Waals surface area contributed by atoms with Crippen LogP contribution in [-0.2, 0) is 65.4 Å². The molecule has 0 aromatic heterocycles. The molecule has 17 nitrogen and oxygen atoms in total. The van der Waals surface area contributed by atoms with Crippen molar-refractivity contribution in [2.45, 2.75) is 529 Å². The average molecular weight is 1660 g/mol. The Bertz CT molecular complexity index is 2190. The number of phosphoric ester groups is 2. The summed E-state index contributed by atoms with van der Waals surface area (Å²) in [5.74, 6) is 0.519. The normalized spacial score (nSPS) is 14.4. The molecular weight excluding hydrogens is 1470 g/mol. The molecule has 678 valence electrons. The lowest BCUT2D eigenvalue weighted by Gasteiger charge is -2.21. The number of hydrogen-bond acceptors (Lipinski definition) is 15. The first-order valence-corrected chi connectivity index (χ1v) is 52.0. The van der Waals surface area contributed by atoms with Crippen LogP contribution in [-0.4, -0.2) is 96.7 Å². The highest BCUT2D eigenvalue weighted by atomic mass is 31.2. The van der Waals surface area contributed by atoms with Crippen molar-refractivity contribution >= 4 is 39.5 Å². The third-order valence-corrected chi connectivity index (χ3v) is 25.4. The van der Waals surface area contributed by atoms with E-state index in [-0.39, 0.29) is 25.7 Å². The molecule has 0 amide bonds. The van der Waals surface area contributed by atoms with E-state index in [4.69, 9.17) is 37.0 Å². The van der Waals surface area contributed by atoms with E-state index in [0.29, 0.717) is 25.7 Å². The molecule has 8 atom stereocenters. The number of esters is 4. The van der Waals surface area contributed by atoms with Gasteiger partial charge in [-0.3, -0.25) is 37.3 Å². The molecule has 0 radical (unpaired) electrons. The van der Waals surface area contributed by atoms with E-state index in [1.807, 2.05) is 0 Å². The van der Waals surface area contributed by atoms with Gasteiger partial charge in [-0.05, 0) is 43.4 Å². The Balaban J connectivity index is 5.16. The minimum Gasteiger partial charge on any atom is -0.462 e. The quantitative estimate of drug-likeness (QED) is 0.0222. The van der Waals surface area contributed by atoms with Gasteiger partial charge in [-0.2, -0.15) is 0 Å². The summed E-state index contributed by atoms with van der Waals surface area (Å²) in [6.45, 7) is 12.2. The maximum Gasteiger partial charge on any atom is 0.472 e. The number of carbonyl (C=O) groups is 4. The van der Waals surface area contributed by atoms with Crippen LogP contribution < -0.4 is 0 Å². The number of rotatable bonds is 93. The molecule has 0 aromatic carbocycles. The van der Waals surface area contributed by atoms with Crippen LogP contribution in [0.1, 0.15) is 511 Å². The van der Waals surface area contributed by atoms with Crippen LogP contribution >= 0.6 is 15.6 Å². The van der Waals surface area contributed by atoms with E-state index >= 15 is 0 Å². The van der Waals surface area contributed by atoms with Gasteiger partial charge in [0.2, 0.25) is 0 Å². The lowest BCUT2D eigenvalue weighted by Crippen LogP contribution is -2.30. The maximum absolute atomic E-state index is 13.2. The molecule has 0 aliphatic carbocycles. The Hall–Kier alpha value is -1.94. The largest absolute Gasteiger partial charge is 0.472 e. The predicted octanol–water partition coefficient (Wildman–Crippen LogP) is 29.6. The Morgan fingerprint density at radius 3 is 0.623 bits per heavy atom. The molecule has 114 heavy (non-hydrogen) atoms. The number of carbonyl (C=O) groups excluding carboxylic acids is 4. The molecule has 5 unspecified atom stereocenters. The summed E-state index contributed by atoms with van der Waals surface area (Å²) >= 11 is 0. The van der Waals surface area contributed by atoms with E-state index in [9.17, 15) is 43.2 Å². The number of phosphoric acid groups is 2. The third-order valence-electron chi connectivity index (χ3n) is 23.5. The molecule has 0 rings (SSSR count). The minimum atomic E-state index is -4.97. The van der Waals surface area contributed by atoms with Crippen molar-refractivity contribution in [3.05, 3.63) is 0 Å². The topological polar surface area (TPSA) is 237 Å². The van der Waals surface area contributed by atoms with Crippen LogP contribution in [0, 0.1) is 17.8 Å². The molecule has 0 heterocycles. The van der Waals surface area contributed by atoms with Crippen molar-refractivity contribution in [3.8, 4) is 0 Å². The van der Waals surface area contributed by atoms with Crippen molar-refractivity contribution in [2.24, 2.45) is 17.8 Å². The van der Waals surface area contributed by atoms with Gasteiger partial charge in [-0.25, -0.2) is 9.13 Å². The second-order valence-electron chi connectivity index (χ2n) is 34.8. The highest BCUT2D eigenvalue weighted by Gasteiger charge is 2.31. The Morgan fingerprint density at radius 1 is 0.246 bits per heavy atom. The first-order chi connectivity index (χ1) is 55.3. The summed E-state index contributed by atoms with van der Waals surface area (Å²) in [5.41, 5.74) is 0. The zero-order valence-electron chi connectivity index (χ0n) is 75.6. The van der Waals surface area contributed by atoms with Gasteiger partial charge >= 0.3 is 39.5 Å². The van der Waals surface area contributed by atoms with Crippen LogP contribution in [0.4, 0.5) is 0 Å². The van der Waals surface area contributed by atoms with Crippen LogP contribution in [0.5, 0.6) is 0 Å². The van der Waals surface area contributed by atoms with Gasteiger partial charge in [-0.15, -0.1) is 0 Å². The molecule has 0 spiro atoms. The molecule has 3 N–H and O–H groups in total. The van der Waals surface area contributed by atoms with Crippen molar-refractivity contribution in [1.29, 1.82) is 0 Å². The van der Waals surface area contributed by atoms with Crippen LogP contribution in [0.2, 0.25) is 0 Å². The fourth-order valence-electron chi connectivity index (χ4n) is 14.9. The zero-order valence-corrected chi connectivity index (χ0v) is 77.4. The Kier molecular flexibility index (Phi) is 83.2. The summed E-state index contributed by atoms with van der Waals surface area (Å²) in [7, 11) is -9.94. The number of aliphatic hydroxyl groups excluding tert-OH is 1. The Morgan fingerprint density at radius 2 is 0.421 bits per heavy atom. The van der Waals surface area contributed by atoms with E-state index in [1.165, 1.54) is 315 Å². The van der Waals surface area contributed by atoms with Gasteiger partial charge in [-0.1, -0.05) is 459 Å². The molecule has 0 saturated heterocycles. The van der Waals surface area contributed by atoms with Gasteiger partial charge in [0.05, 0.1) is 26.4 Å². The van der Waals surface area contributed by atoms with E-state index in [2.05, 4.69) is 48.5 Å². The number of aliphatic hydroxyl groups is 1. The second-order valence-corrected chi connectivity index (χ2v) is 37.7. The predicted molar refractivity (Wildman–Crippen MR) is 474 cm³/mol. The van der Waals surface area contributed by atoms with E-state index < -0.39 is 97.5 Å². The first kappa shape index (κ1) is 112. The maximum atomic E-state index is 13.2. The van der Waals surface area contributed by atoms with Crippen LogP contribution in [0.3, 0.4) is 0 Å². The van der Waals surface area contributed by atoms with Crippen molar-refractivity contribution in [3.63, 3.8) is 0 Å². The summed E-state index contributed by atoms with van der Waals surface area (Å²) < 4.78 is 69.1. The van der Waals surface area contributed by atoms with E-state index in [0.717, 1.165) is 114 Å². The fraction of sp³-hybridized carbons (Fsp3) is 0.958. The summed E-state index contributed by atoms with van der Waals surface area (Å²) in [4.78, 5) is 73.4. The van der Waals surface area contributed by atoms with Gasteiger partial charge in [0.1, 0.15) is 19.3 Å². The minimum absolute atomic E-state index is 0.108.